The van der Waals surface area contributed by atoms with Crippen molar-refractivity contribution in [3.05, 3.63) is 48.2 Å². The topological polar surface area (TPSA) is 67.8 Å². The molecule has 0 amide bonds. The Balaban J connectivity index is 0.00000288. The molecule has 0 aliphatic carbocycles. The first-order chi connectivity index (χ1) is 11.3. The quantitative estimate of drug-likeness (QED) is 0.409. The number of guanidine groups is 1. The van der Waals surface area contributed by atoms with Gasteiger partial charge in [0.05, 0.1) is 6.61 Å². The first-order valence-corrected chi connectivity index (χ1v) is 7.49. The summed E-state index contributed by atoms with van der Waals surface area (Å²) < 4.78 is 11.3. The van der Waals surface area contributed by atoms with Crippen LogP contribution in [-0.4, -0.2) is 31.6 Å². The molecule has 2 rings (SSSR count). The molecule has 2 N–H and O–H groups in total. The van der Waals surface area contributed by atoms with Gasteiger partial charge in [-0.1, -0.05) is 18.2 Å². The van der Waals surface area contributed by atoms with E-state index < -0.39 is 0 Å². The number of hydrogen-bond acceptors (Lipinski definition) is 4. The van der Waals surface area contributed by atoms with Gasteiger partial charge in [-0.15, -0.1) is 24.0 Å². The number of nitrogens with one attached hydrogen (secondary N) is 2. The molecule has 130 valence electrons. The number of aromatic nitrogens is 1. The number of nitrogens with zero attached hydrogens (tertiary/aromatic N) is 2. The molecule has 0 saturated heterocycles. The Morgan fingerprint density at radius 1 is 1.17 bits per heavy atom. The SMILES string of the molecule is CCOc1ccccc1Oc1ccc(CNC(=NC)NC)cn1.I. The number of aliphatic imine (C=N–C) groups is 1. The lowest BCUT2D eigenvalue weighted by Gasteiger charge is -2.11. The second-order valence-electron chi connectivity index (χ2n) is 4.66. The molecule has 1 aromatic carbocycles. The Bertz CT molecular complexity index is 647. The van der Waals surface area contributed by atoms with Gasteiger partial charge in [0.15, 0.2) is 17.5 Å². The molecule has 0 fully saturated rings. The largest absolute Gasteiger partial charge is 0.490 e. The summed E-state index contributed by atoms with van der Waals surface area (Å²) in [6.07, 6.45) is 1.77. The second-order valence-corrected chi connectivity index (χ2v) is 4.66. The maximum absolute atomic E-state index is 5.79. The van der Waals surface area contributed by atoms with Gasteiger partial charge in [0.1, 0.15) is 0 Å². The molecule has 0 aliphatic rings. The monoisotopic (exact) mass is 442 g/mol. The Morgan fingerprint density at radius 3 is 2.50 bits per heavy atom. The van der Waals surface area contributed by atoms with E-state index in [4.69, 9.17) is 9.47 Å². The lowest BCUT2D eigenvalue weighted by Crippen LogP contribution is -2.34. The van der Waals surface area contributed by atoms with Crippen molar-refractivity contribution in [2.75, 3.05) is 20.7 Å². The summed E-state index contributed by atoms with van der Waals surface area (Å²) in [7, 11) is 3.55. The van der Waals surface area contributed by atoms with Crippen LogP contribution in [-0.2, 0) is 6.54 Å². The van der Waals surface area contributed by atoms with Crippen LogP contribution < -0.4 is 20.1 Å². The number of hydrogen-bond donors (Lipinski definition) is 2. The Labute approximate surface area is 159 Å². The van der Waals surface area contributed by atoms with Crippen LogP contribution in [0.4, 0.5) is 0 Å². The molecule has 6 nitrogen and oxygen atoms in total. The molecule has 1 heterocycles. The fourth-order valence-corrected chi connectivity index (χ4v) is 1.96. The van der Waals surface area contributed by atoms with Crippen LogP contribution in [0.15, 0.2) is 47.6 Å². The molecule has 0 radical (unpaired) electrons. The van der Waals surface area contributed by atoms with Crippen molar-refractivity contribution in [3.8, 4) is 17.4 Å². The number of rotatable bonds is 6. The molecular formula is C17H23IN4O2. The minimum absolute atomic E-state index is 0. The molecule has 0 bridgehead atoms. The molecule has 0 spiro atoms. The van der Waals surface area contributed by atoms with E-state index in [0.717, 1.165) is 11.5 Å². The normalized spacial score (nSPS) is 10.5. The van der Waals surface area contributed by atoms with Gasteiger partial charge in [-0.25, -0.2) is 4.98 Å². The van der Waals surface area contributed by atoms with E-state index in [2.05, 4.69) is 20.6 Å². The third kappa shape index (κ3) is 5.88. The van der Waals surface area contributed by atoms with E-state index in [1.54, 1.807) is 13.2 Å². The van der Waals surface area contributed by atoms with Crippen molar-refractivity contribution in [2.45, 2.75) is 13.5 Å². The molecule has 0 atom stereocenters. The first kappa shape index (κ1) is 20.0. The van der Waals surface area contributed by atoms with Crippen molar-refractivity contribution in [1.82, 2.24) is 15.6 Å². The predicted octanol–water partition coefficient (Wildman–Crippen LogP) is 3.19. The summed E-state index contributed by atoms with van der Waals surface area (Å²) in [6, 6.07) is 11.3. The highest BCUT2D eigenvalue weighted by molar-refractivity contribution is 14.0. The number of para-hydroxylation sites is 2. The average Bonchev–Trinajstić information content (AvgIpc) is 2.59. The molecular weight excluding hydrogens is 419 g/mol. The van der Waals surface area contributed by atoms with Gasteiger partial charge in [0.2, 0.25) is 5.88 Å². The maximum Gasteiger partial charge on any atom is 0.219 e. The number of pyridine rings is 1. The van der Waals surface area contributed by atoms with E-state index in [9.17, 15) is 0 Å². The molecule has 24 heavy (non-hydrogen) atoms. The van der Waals surface area contributed by atoms with Crippen molar-refractivity contribution >= 4 is 29.9 Å². The van der Waals surface area contributed by atoms with Crippen LogP contribution >= 0.6 is 24.0 Å². The summed E-state index contributed by atoms with van der Waals surface area (Å²) in [5.74, 6) is 2.62. The highest BCUT2D eigenvalue weighted by atomic mass is 127. The molecule has 0 aliphatic heterocycles. The molecule has 0 unspecified atom stereocenters. The molecule has 2 aromatic rings. The standard InChI is InChI=1S/C17H22N4O2.HI/c1-4-22-14-7-5-6-8-15(14)23-16-10-9-13(11-20-16)12-21-17(18-2)19-3;/h5-11H,4,12H2,1-3H3,(H2,18,19,21);1H. The zero-order valence-electron chi connectivity index (χ0n) is 14.1. The van der Waals surface area contributed by atoms with Crippen molar-refractivity contribution in [3.63, 3.8) is 0 Å². The van der Waals surface area contributed by atoms with Crippen molar-refractivity contribution in [2.24, 2.45) is 4.99 Å². The first-order valence-electron chi connectivity index (χ1n) is 7.49. The Hall–Kier alpha value is -2.03. The summed E-state index contributed by atoms with van der Waals surface area (Å²) >= 11 is 0. The minimum atomic E-state index is 0. The number of halogens is 1. The third-order valence-electron chi connectivity index (χ3n) is 3.08. The second kappa shape index (κ2) is 10.7. The fraction of sp³-hybridized carbons (Fsp3) is 0.294. The molecule has 0 saturated carbocycles. The zero-order valence-corrected chi connectivity index (χ0v) is 16.4. The van der Waals surface area contributed by atoms with Crippen LogP contribution in [0.5, 0.6) is 17.4 Å². The van der Waals surface area contributed by atoms with Crippen LogP contribution in [0.25, 0.3) is 0 Å². The van der Waals surface area contributed by atoms with Crippen LogP contribution in [0.1, 0.15) is 12.5 Å². The number of benzene rings is 1. The highest BCUT2D eigenvalue weighted by Crippen LogP contribution is 2.30. The average molecular weight is 442 g/mol. The highest BCUT2D eigenvalue weighted by Gasteiger charge is 2.06. The van der Waals surface area contributed by atoms with Crippen LogP contribution in [0.3, 0.4) is 0 Å². The van der Waals surface area contributed by atoms with Gasteiger partial charge < -0.3 is 20.1 Å². The third-order valence-corrected chi connectivity index (χ3v) is 3.08. The summed E-state index contributed by atoms with van der Waals surface area (Å²) in [6.45, 7) is 3.16. The fourth-order valence-electron chi connectivity index (χ4n) is 1.96. The zero-order chi connectivity index (χ0) is 16.5. The van der Waals surface area contributed by atoms with Gasteiger partial charge in [-0.3, -0.25) is 4.99 Å². The maximum atomic E-state index is 5.79. The van der Waals surface area contributed by atoms with E-state index in [-0.39, 0.29) is 24.0 Å². The summed E-state index contributed by atoms with van der Waals surface area (Å²) in [5, 5.41) is 6.13. The minimum Gasteiger partial charge on any atom is -0.490 e. The Morgan fingerprint density at radius 2 is 1.92 bits per heavy atom. The lowest BCUT2D eigenvalue weighted by molar-refractivity contribution is 0.319. The van der Waals surface area contributed by atoms with E-state index >= 15 is 0 Å². The smallest absolute Gasteiger partial charge is 0.219 e. The van der Waals surface area contributed by atoms with Gasteiger partial charge in [-0.05, 0) is 24.6 Å². The van der Waals surface area contributed by atoms with E-state index in [0.29, 0.717) is 30.5 Å². The van der Waals surface area contributed by atoms with Crippen LogP contribution in [0.2, 0.25) is 0 Å². The number of ether oxygens (including phenoxy) is 2. The van der Waals surface area contributed by atoms with Gasteiger partial charge in [0, 0.05) is 32.9 Å². The molecule has 1 aromatic heterocycles. The van der Waals surface area contributed by atoms with Crippen molar-refractivity contribution in [1.29, 1.82) is 0 Å². The molecule has 7 heteroatoms. The summed E-state index contributed by atoms with van der Waals surface area (Å²) in [4.78, 5) is 8.38. The van der Waals surface area contributed by atoms with Gasteiger partial charge in [-0.2, -0.15) is 0 Å². The lowest BCUT2D eigenvalue weighted by atomic mass is 10.3. The summed E-state index contributed by atoms with van der Waals surface area (Å²) in [5.41, 5.74) is 1.03. The predicted molar refractivity (Wildman–Crippen MR) is 107 cm³/mol. The van der Waals surface area contributed by atoms with Crippen LogP contribution in [0, 0.1) is 0 Å². The van der Waals surface area contributed by atoms with Crippen molar-refractivity contribution < 1.29 is 9.47 Å². The Kier molecular flexibility index (Phi) is 8.92. The van der Waals surface area contributed by atoms with Gasteiger partial charge >= 0.3 is 0 Å². The van der Waals surface area contributed by atoms with Gasteiger partial charge in [0.25, 0.3) is 0 Å². The van der Waals surface area contributed by atoms with E-state index in [1.807, 2.05) is 50.4 Å². The van der Waals surface area contributed by atoms with E-state index in [1.165, 1.54) is 0 Å².